The molecule has 0 bridgehead atoms. The number of nitrogens with zero attached hydrogens (tertiary/aromatic N) is 5. The number of hydrogen-bond donors (Lipinski definition) is 1. The van der Waals surface area contributed by atoms with Crippen molar-refractivity contribution < 1.29 is 4.79 Å². The molecule has 124 valence electrons. The van der Waals surface area contributed by atoms with Crippen LogP contribution in [0.15, 0.2) is 43.0 Å². The van der Waals surface area contributed by atoms with Gasteiger partial charge in [-0.25, -0.2) is 9.67 Å². The van der Waals surface area contributed by atoms with Gasteiger partial charge in [-0.3, -0.25) is 14.8 Å². The molecule has 0 spiro atoms. The van der Waals surface area contributed by atoms with Crippen LogP contribution in [0.2, 0.25) is 5.02 Å². The lowest BCUT2D eigenvalue weighted by Crippen LogP contribution is -2.24. The van der Waals surface area contributed by atoms with Crippen LogP contribution in [0.3, 0.4) is 0 Å². The molecule has 1 aromatic carbocycles. The summed E-state index contributed by atoms with van der Waals surface area (Å²) >= 11 is 5.82. The smallest absolute Gasteiger partial charge is 0.251 e. The van der Waals surface area contributed by atoms with Gasteiger partial charge in [0, 0.05) is 6.20 Å². The first-order chi connectivity index (χ1) is 11.5. The number of anilines is 1. The first kappa shape index (κ1) is 16.2. The summed E-state index contributed by atoms with van der Waals surface area (Å²) in [5.74, 6) is 0.0000623. The van der Waals surface area contributed by atoms with E-state index in [1.54, 1.807) is 24.1 Å². The van der Waals surface area contributed by atoms with E-state index in [1.807, 2.05) is 31.2 Å². The van der Waals surface area contributed by atoms with Gasteiger partial charge in [-0.2, -0.15) is 5.10 Å². The van der Waals surface area contributed by atoms with Gasteiger partial charge in [-0.15, -0.1) is 5.10 Å². The molecular weight excluding hydrogens is 328 g/mol. The average molecular weight is 345 g/mol. The van der Waals surface area contributed by atoms with E-state index in [0.29, 0.717) is 11.6 Å². The van der Waals surface area contributed by atoms with Crippen LogP contribution >= 0.6 is 11.6 Å². The molecule has 1 unspecified atom stereocenters. The lowest BCUT2D eigenvalue weighted by molar-refractivity contribution is -0.119. The third-order valence-electron chi connectivity index (χ3n) is 3.58. The van der Waals surface area contributed by atoms with Crippen LogP contribution in [0.5, 0.6) is 0 Å². The zero-order valence-corrected chi connectivity index (χ0v) is 14.1. The van der Waals surface area contributed by atoms with E-state index in [4.69, 9.17) is 11.6 Å². The van der Waals surface area contributed by atoms with E-state index in [1.165, 1.54) is 16.4 Å². The van der Waals surface area contributed by atoms with Gasteiger partial charge in [0.2, 0.25) is 5.95 Å². The van der Waals surface area contributed by atoms with Crippen molar-refractivity contribution in [3.05, 3.63) is 59.1 Å². The Morgan fingerprint density at radius 2 is 2.08 bits per heavy atom. The lowest BCUT2D eigenvalue weighted by Gasteiger charge is -2.10. The van der Waals surface area contributed by atoms with Crippen LogP contribution in [0.1, 0.15) is 24.1 Å². The summed E-state index contributed by atoms with van der Waals surface area (Å²) < 4.78 is 3.16. The highest BCUT2D eigenvalue weighted by molar-refractivity contribution is 6.30. The molecule has 0 aliphatic rings. The molecule has 3 rings (SSSR count). The summed E-state index contributed by atoms with van der Waals surface area (Å²) in [7, 11) is 0. The highest BCUT2D eigenvalue weighted by Gasteiger charge is 2.17. The molecule has 1 atom stereocenters. The van der Waals surface area contributed by atoms with Crippen molar-refractivity contribution in [3.63, 3.8) is 0 Å². The molecule has 8 heteroatoms. The molecular formula is C16H17ClN6O. The Morgan fingerprint density at radius 3 is 2.75 bits per heavy atom. The third-order valence-corrected chi connectivity index (χ3v) is 3.78. The van der Waals surface area contributed by atoms with Gasteiger partial charge in [0.05, 0.1) is 17.8 Å². The fraction of sp³-hybridized carbons (Fsp3) is 0.250. The number of benzene rings is 1. The summed E-state index contributed by atoms with van der Waals surface area (Å²) in [6.07, 6.45) is 4.67. The fourth-order valence-electron chi connectivity index (χ4n) is 2.17. The first-order valence-corrected chi connectivity index (χ1v) is 7.84. The quantitative estimate of drug-likeness (QED) is 0.772. The number of aryl methyl sites for hydroxylation is 1. The van der Waals surface area contributed by atoms with Crippen LogP contribution in [-0.2, 0) is 11.3 Å². The Hall–Kier alpha value is -2.67. The van der Waals surface area contributed by atoms with Gasteiger partial charge in [0.15, 0.2) is 0 Å². The van der Waals surface area contributed by atoms with Crippen molar-refractivity contribution in [2.75, 3.05) is 5.32 Å². The normalized spacial score (nSPS) is 12.1. The van der Waals surface area contributed by atoms with Crippen molar-refractivity contribution in [3.8, 4) is 0 Å². The maximum absolute atomic E-state index is 12.2. The Balaban J connectivity index is 1.63. The minimum Gasteiger partial charge on any atom is -0.291 e. The standard InChI is InChI=1S/C16H17ClN6O/c1-11-3-5-13(6-4-11)8-22-10-18-16(21-22)20-15(24)12(2)23-9-14(17)7-19-23/h3-7,9-10,12H,8H2,1-2H3,(H,20,21,24). The summed E-state index contributed by atoms with van der Waals surface area (Å²) in [5.41, 5.74) is 2.32. The Labute approximate surface area is 144 Å². The predicted octanol–water partition coefficient (Wildman–Crippen LogP) is 2.68. The van der Waals surface area contributed by atoms with E-state index >= 15 is 0 Å². The molecule has 3 aromatic rings. The maximum Gasteiger partial charge on any atom is 0.251 e. The number of rotatable bonds is 5. The number of hydrogen-bond acceptors (Lipinski definition) is 4. The van der Waals surface area contributed by atoms with Crippen LogP contribution in [0.4, 0.5) is 5.95 Å². The summed E-state index contributed by atoms with van der Waals surface area (Å²) in [4.78, 5) is 16.3. The molecule has 0 saturated carbocycles. The Bertz CT molecular complexity index is 838. The van der Waals surface area contributed by atoms with Crippen LogP contribution < -0.4 is 5.32 Å². The molecule has 0 saturated heterocycles. The van der Waals surface area contributed by atoms with Crippen LogP contribution in [0, 0.1) is 6.92 Å². The number of halogens is 1. The zero-order chi connectivity index (χ0) is 17.1. The maximum atomic E-state index is 12.2. The number of aromatic nitrogens is 5. The van der Waals surface area contributed by atoms with Crippen molar-refractivity contribution in [1.29, 1.82) is 0 Å². The molecule has 0 fully saturated rings. The minimum absolute atomic E-state index is 0.261. The molecule has 2 heterocycles. The largest absolute Gasteiger partial charge is 0.291 e. The number of carbonyl (C=O) groups excluding carboxylic acids is 1. The van der Waals surface area contributed by atoms with Crippen molar-refractivity contribution >= 4 is 23.5 Å². The monoisotopic (exact) mass is 344 g/mol. The van der Waals surface area contributed by atoms with Gasteiger partial charge in [0.25, 0.3) is 5.91 Å². The third kappa shape index (κ3) is 3.80. The first-order valence-electron chi connectivity index (χ1n) is 7.47. The van der Waals surface area contributed by atoms with E-state index in [9.17, 15) is 4.79 Å². The number of nitrogens with one attached hydrogen (secondary N) is 1. The molecule has 0 aliphatic heterocycles. The molecule has 1 amide bonds. The van der Waals surface area contributed by atoms with Crippen molar-refractivity contribution in [1.82, 2.24) is 24.5 Å². The number of carbonyl (C=O) groups is 1. The van der Waals surface area contributed by atoms with Gasteiger partial charge >= 0.3 is 0 Å². The Kier molecular flexibility index (Phi) is 4.61. The highest BCUT2D eigenvalue weighted by atomic mass is 35.5. The van der Waals surface area contributed by atoms with Crippen LogP contribution in [0.25, 0.3) is 0 Å². The van der Waals surface area contributed by atoms with E-state index in [-0.39, 0.29) is 11.9 Å². The SMILES string of the molecule is Cc1ccc(Cn2cnc(NC(=O)C(C)n3cc(Cl)cn3)n2)cc1. The van der Waals surface area contributed by atoms with Gasteiger partial charge in [0.1, 0.15) is 12.4 Å². The minimum atomic E-state index is -0.512. The zero-order valence-electron chi connectivity index (χ0n) is 13.3. The predicted molar refractivity (Wildman–Crippen MR) is 90.9 cm³/mol. The number of amides is 1. The van der Waals surface area contributed by atoms with Crippen LogP contribution in [-0.4, -0.2) is 30.5 Å². The topological polar surface area (TPSA) is 77.6 Å². The molecule has 2 aromatic heterocycles. The second-order valence-electron chi connectivity index (χ2n) is 5.56. The molecule has 0 radical (unpaired) electrons. The molecule has 24 heavy (non-hydrogen) atoms. The van der Waals surface area contributed by atoms with Gasteiger partial charge in [-0.1, -0.05) is 41.4 Å². The second-order valence-corrected chi connectivity index (χ2v) is 5.99. The molecule has 7 nitrogen and oxygen atoms in total. The molecule has 1 N–H and O–H groups in total. The summed E-state index contributed by atoms with van der Waals surface area (Å²) in [6.45, 7) is 4.36. The Morgan fingerprint density at radius 1 is 1.33 bits per heavy atom. The van der Waals surface area contributed by atoms with E-state index in [0.717, 1.165) is 5.56 Å². The summed E-state index contributed by atoms with van der Waals surface area (Å²) in [6, 6.07) is 7.66. The van der Waals surface area contributed by atoms with E-state index < -0.39 is 6.04 Å². The van der Waals surface area contributed by atoms with Crippen molar-refractivity contribution in [2.24, 2.45) is 0 Å². The summed E-state index contributed by atoms with van der Waals surface area (Å²) in [5, 5.41) is 11.5. The van der Waals surface area contributed by atoms with Crippen molar-refractivity contribution in [2.45, 2.75) is 26.4 Å². The second kappa shape index (κ2) is 6.84. The fourth-order valence-corrected chi connectivity index (χ4v) is 2.31. The lowest BCUT2D eigenvalue weighted by atomic mass is 10.1. The van der Waals surface area contributed by atoms with Gasteiger partial charge < -0.3 is 0 Å². The average Bonchev–Trinajstić information content (AvgIpc) is 3.18. The molecule has 0 aliphatic carbocycles. The van der Waals surface area contributed by atoms with E-state index in [2.05, 4.69) is 20.5 Å². The highest BCUT2D eigenvalue weighted by Crippen LogP contribution is 2.12. The van der Waals surface area contributed by atoms with Gasteiger partial charge in [-0.05, 0) is 19.4 Å².